The Bertz CT molecular complexity index is 532. The molecule has 2 rings (SSSR count). The minimum atomic E-state index is -4.33. The molecule has 0 amide bonds. The van der Waals surface area contributed by atoms with Crippen LogP contribution in [0.1, 0.15) is 17.7 Å². The average molecular weight is 270 g/mol. The summed E-state index contributed by atoms with van der Waals surface area (Å²) in [6.45, 7) is 0.552. The van der Waals surface area contributed by atoms with Gasteiger partial charge in [0.2, 0.25) is 5.89 Å². The first-order valence-electron chi connectivity index (χ1n) is 5.83. The minimum Gasteiger partial charge on any atom is -0.441 e. The fourth-order valence-corrected chi connectivity index (χ4v) is 1.63. The van der Waals surface area contributed by atoms with E-state index in [0.717, 1.165) is 18.6 Å². The second-order valence-corrected chi connectivity index (χ2v) is 4.10. The summed E-state index contributed by atoms with van der Waals surface area (Å²) in [7, 11) is 0. The van der Waals surface area contributed by atoms with Crippen molar-refractivity contribution in [2.45, 2.75) is 19.0 Å². The van der Waals surface area contributed by atoms with Gasteiger partial charge in [0, 0.05) is 12.0 Å². The second-order valence-electron chi connectivity index (χ2n) is 4.10. The van der Waals surface area contributed by atoms with Gasteiger partial charge in [0.05, 0.1) is 11.8 Å². The normalized spacial score (nSPS) is 11.8. The van der Waals surface area contributed by atoms with Crippen molar-refractivity contribution in [3.63, 3.8) is 0 Å². The van der Waals surface area contributed by atoms with Gasteiger partial charge in [-0.3, -0.25) is 0 Å². The van der Waals surface area contributed by atoms with Crippen molar-refractivity contribution in [2.24, 2.45) is 5.73 Å². The van der Waals surface area contributed by atoms with Crippen LogP contribution < -0.4 is 5.73 Å². The number of aryl methyl sites for hydroxylation is 1. The molecule has 102 valence electrons. The molecule has 0 aliphatic carbocycles. The Hall–Kier alpha value is -1.82. The number of nitrogens with two attached hydrogens (primary N) is 1. The van der Waals surface area contributed by atoms with Crippen molar-refractivity contribution in [1.29, 1.82) is 0 Å². The van der Waals surface area contributed by atoms with Gasteiger partial charge in [-0.1, -0.05) is 0 Å². The van der Waals surface area contributed by atoms with E-state index in [-0.39, 0.29) is 0 Å². The molecule has 0 fully saturated rings. The van der Waals surface area contributed by atoms with Crippen LogP contribution in [0.25, 0.3) is 11.5 Å². The highest BCUT2D eigenvalue weighted by molar-refractivity contribution is 5.53. The summed E-state index contributed by atoms with van der Waals surface area (Å²) in [6, 6.07) is 4.72. The van der Waals surface area contributed by atoms with Crippen LogP contribution in [-0.2, 0) is 12.6 Å². The van der Waals surface area contributed by atoms with E-state index in [0.29, 0.717) is 30.2 Å². The van der Waals surface area contributed by atoms with E-state index in [4.69, 9.17) is 10.2 Å². The predicted molar refractivity (Wildman–Crippen MR) is 64.3 cm³/mol. The van der Waals surface area contributed by atoms with Crippen LogP contribution in [0.5, 0.6) is 0 Å². The molecule has 0 spiro atoms. The summed E-state index contributed by atoms with van der Waals surface area (Å²) in [5.74, 6) is 1.00. The molecule has 0 saturated carbocycles. The first kappa shape index (κ1) is 13.6. The van der Waals surface area contributed by atoms with Crippen molar-refractivity contribution < 1.29 is 17.6 Å². The molecule has 0 aliphatic heterocycles. The van der Waals surface area contributed by atoms with Crippen molar-refractivity contribution in [3.05, 3.63) is 41.8 Å². The lowest BCUT2D eigenvalue weighted by Gasteiger charge is -2.06. The van der Waals surface area contributed by atoms with E-state index < -0.39 is 11.7 Å². The molecule has 0 radical (unpaired) electrons. The lowest BCUT2D eigenvalue weighted by atomic mass is 10.1. The lowest BCUT2D eigenvalue weighted by Crippen LogP contribution is -2.03. The summed E-state index contributed by atoms with van der Waals surface area (Å²) in [5, 5.41) is 0. The first-order chi connectivity index (χ1) is 9.00. The molecule has 0 bridgehead atoms. The zero-order valence-corrected chi connectivity index (χ0v) is 10.1. The van der Waals surface area contributed by atoms with Crippen LogP contribution in [0.15, 0.2) is 34.9 Å². The molecule has 0 unspecified atom stereocenters. The summed E-state index contributed by atoms with van der Waals surface area (Å²) in [5.41, 5.74) is 5.21. The number of hydrogen-bond acceptors (Lipinski definition) is 3. The number of benzene rings is 1. The Balaban J connectivity index is 2.16. The van der Waals surface area contributed by atoms with E-state index in [1.807, 2.05) is 0 Å². The number of rotatable bonds is 4. The summed E-state index contributed by atoms with van der Waals surface area (Å²) in [4.78, 5) is 4.04. The lowest BCUT2D eigenvalue weighted by molar-refractivity contribution is -0.137. The Kier molecular flexibility index (Phi) is 3.90. The average Bonchev–Trinajstić information content (AvgIpc) is 2.84. The van der Waals surface area contributed by atoms with Gasteiger partial charge in [-0.15, -0.1) is 0 Å². The van der Waals surface area contributed by atoms with Crippen molar-refractivity contribution in [3.8, 4) is 11.5 Å². The first-order valence-corrected chi connectivity index (χ1v) is 5.83. The standard InChI is InChI=1S/C13H13F3N2O/c14-13(15,16)10-5-3-9(4-6-10)12-18-8-11(19-12)2-1-7-17/h3-6,8H,1-2,7,17H2. The van der Waals surface area contributed by atoms with Gasteiger partial charge >= 0.3 is 6.18 Å². The maximum absolute atomic E-state index is 12.4. The third-order valence-electron chi connectivity index (χ3n) is 2.64. The SMILES string of the molecule is NCCCc1cnc(-c2ccc(C(F)(F)F)cc2)o1. The van der Waals surface area contributed by atoms with Crippen molar-refractivity contribution in [1.82, 2.24) is 4.98 Å². The topological polar surface area (TPSA) is 52.0 Å². The maximum atomic E-state index is 12.4. The molecule has 0 aliphatic rings. The number of hydrogen-bond donors (Lipinski definition) is 1. The van der Waals surface area contributed by atoms with Crippen molar-refractivity contribution >= 4 is 0 Å². The van der Waals surface area contributed by atoms with Gasteiger partial charge in [0.15, 0.2) is 0 Å². The third kappa shape index (κ3) is 3.35. The van der Waals surface area contributed by atoms with Crippen LogP contribution in [0.3, 0.4) is 0 Å². The van der Waals surface area contributed by atoms with E-state index in [9.17, 15) is 13.2 Å². The number of alkyl halides is 3. The second kappa shape index (κ2) is 5.44. The maximum Gasteiger partial charge on any atom is 0.416 e. The molecule has 1 aromatic carbocycles. The summed E-state index contributed by atoms with van der Waals surface area (Å²) < 4.78 is 42.7. The predicted octanol–water partition coefficient (Wildman–Crippen LogP) is 3.25. The highest BCUT2D eigenvalue weighted by Gasteiger charge is 2.30. The minimum absolute atomic E-state index is 0.320. The fraction of sp³-hybridized carbons (Fsp3) is 0.308. The Morgan fingerprint density at radius 3 is 2.42 bits per heavy atom. The smallest absolute Gasteiger partial charge is 0.416 e. The van der Waals surface area contributed by atoms with Crippen LogP contribution in [0.4, 0.5) is 13.2 Å². The highest BCUT2D eigenvalue weighted by atomic mass is 19.4. The van der Waals surface area contributed by atoms with E-state index in [1.165, 1.54) is 12.1 Å². The van der Waals surface area contributed by atoms with E-state index in [1.54, 1.807) is 6.20 Å². The monoisotopic (exact) mass is 270 g/mol. The van der Waals surface area contributed by atoms with Gasteiger partial charge in [-0.05, 0) is 37.2 Å². The van der Waals surface area contributed by atoms with E-state index in [2.05, 4.69) is 4.98 Å². The van der Waals surface area contributed by atoms with Crippen molar-refractivity contribution in [2.75, 3.05) is 6.54 Å². The quantitative estimate of drug-likeness (QED) is 0.927. The fourth-order valence-electron chi connectivity index (χ4n) is 1.63. The molecule has 0 saturated heterocycles. The summed E-state index contributed by atoms with van der Waals surface area (Å²) in [6.07, 6.45) is -1.31. The molecule has 1 aromatic heterocycles. The number of aromatic nitrogens is 1. The Labute approximate surface area is 108 Å². The van der Waals surface area contributed by atoms with Crippen LogP contribution in [0, 0.1) is 0 Å². The third-order valence-corrected chi connectivity index (χ3v) is 2.64. The zero-order valence-electron chi connectivity index (χ0n) is 10.1. The summed E-state index contributed by atoms with van der Waals surface area (Å²) >= 11 is 0. The van der Waals surface area contributed by atoms with Crippen LogP contribution in [-0.4, -0.2) is 11.5 Å². The molecular formula is C13H13F3N2O. The van der Waals surface area contributed by atoms with E-state index >= 15 is 0 Å². The largest absolute Gasteiger partial charge is 0.441 e. The molecule has 6 heteroatoms. The number of halogens is 3. The van der Waals surface area contributed by atoms with Crippen LogP contribution >= 0.6 is 0 Å². The van der Waals surface area contributed by atoms with Gasteiger partial charge < -0.3 is 10.2 Å². The van der Waals surface area contributed by atoms with Gasteiger partial charge in [-0.2, -0.15) is 13.2 Å². The van der Waals surface area contributed by atoms with Gasteiger partial charge in [-0.25, -0.2) is 4.98 Å². The molecule has 2 N–H and O–H groups in total. The molecule has 19 heavy (non-hydrogen) atoms. The molecule has 3 nitrogen and oxygen atoms in total. The van der Waals surface area contributed by atoms with Gasteiger partial charge in [0.25, 0.3) is 0 Å². The molecule has 1 heterocycles. The Morgan fingerprint density at radius 2 is 1.84 bits per heavy atom. The Morgan fingerprint density at radius 1 is 1.16 bits per heavy atom. The van der Waals surface area contributed by atoms with Gasteiger partial charge in [0.1, 0.15) is 5.76 Å². The highest BCUT2D eigenvalue weighted by Crippen LogP contribution is 2.30. The molecule has 0 atom stereocenters. The number of oxazole rings is 1. The molecule has 2 aromatic rings. The zero-order chi connectivity index (χ0) is 13.9. The van der Waals surface area contributed by atoms with Crippen LogP contribution in [0.2, 0.25) is 0 Å². The molecular weight excluding hydrogens is 257 g/mol. The number of nitrogens with zero attached hydrogens (tertiary/aromatic N) is 1.